The largest absolute Gasteiger partial charge is 0.435 e. The number of hydrogen-bond donors (Lipinski definition) is 2. The molecule has 2 atom stereocenters. The molecule has 2 saturated heterocycles. The first kappa shape index (κ1) is 16.5. The summed E-state index contributed by atoms with van der Waals surface area (Å²) in [6.07, 6.45) is 2.70. The van der Waals surface area contributed by atoms with Gasteiger partial charge in [0.25, 0.3) is 5.91 Å². The first-order valence-electron chi connectivity index (χ1n) is 7.91. The van der Waals surface area contributed by atoms with E-state index in [-0.39, 0.29) is 23.4 Å². The average Bonchev–Trinajstić information content (AvgIpc) is 2.62. The molecule has 3 heterocycles. The van der Waals surface area contributed by atoms with Crippen molar-refractivity contribution in [3.8, 4) is 5.75 Å². The van der Waals surface area contributed by atoms with E-state index in [1.165, 1.54) is 23.9 Å². The summed E-state index contributed by atoms with van der Waals surface area (Å²) < 4.78 is 29.1. The highest BCUT2D eigenvalue weighted by atomic mass is 19.3. The summed E-state index contributed by atoms with van der Waals surface area (Å²) in [5.41, 5.74) is 2.53. The number of fused-ring (bicyclic) bond motifs is 1. The third-order valence-electron chi connectivity index (χ3n) is 4.65. The molecule has 2 aliphatic heterocycles. The topological polar surface area (TPSA) is 90.8 Å². The van der Waals surface area contributed by atoms with Crippen LogP contribution < -0.4 is 20.0 Å². The van der Waals surface area contributed by atoms with Gasteiger partial charge in [-0.3, -0.25) is 10.0 Å². The fourth-order valence-corrected chi connectivity index (χ4v) is 3.27. The summed E-state index contributed by atoms with van der Waals surface area (Å²) >= 11 is 0. The molecule has 2 aromatic rings. The van der Waals surface area contributed by atoms with Crippen LogP contribution in [0.4, 0.5) is 20.4 Å². The molecule has 2 aliphatic rings. The normalized spacial score (nSPS) is 20.9. The molecule has 0 radical (unpaired) electrons. The van der Waals surface area contributed by atoms with Gasteiger partial charge in [-0.1, -0.05) is 6.07 Å². The van der Waals surface area contributed by atoms with E-state index in [2.05, 4.69) is 19.6 Å². The molecule has 8 nitrogen and oxygen atoms in total. The molecule has 1 aromatic heterocycles. The fraction of sp³-hybridized carbons (Fsp3) is 0.312. The number of carbonyl (C=O) groups is 1. The summed E-state index contributed by atoms with van der Waals surface area (Å²) in [5.74, 6) is -0.0212. The third kappa shape index (κ3) is 2.77. The van der Waals surface area contributed by atoms with E-state index < -0.39 is 12.5 Å². The number of ether oxygens (including phenoxy) is 1. The minimum atomic E-state index is -2.85. The van der Waals surface area contributed by atoms with Crippen LogP contribution in [0.5, 0.6) is 5.75 Å². The van der Waals surface area contributed by atoms with Gasteiger partial charge in [-0.05, 0) is 12.1 Å². The van der Waals surface area contributed by atoms with Crippen LogP contribution in [0.2, 0.25) is 0 Å². The van der Waals surface area contributed by atoms with Crippen molar-refractivity contribution in [2.45, 2.75) is 18.7 Å². The Labute approximate surface area is 147 Å². The Bertz CT molecular complexity index is 820. The molecular weight excluding hydrogens is 348 g/mol. The van der Waals surface area contributed by atoms with Gasteiger partial charge in [-0.25, -0.2) is 15.4 Å². The molecule has 26 heavy (non-hydrogen) atoms. The number of nitrogens with zero attached hydrogens (tertiary/aromatic N) is 4. The molecule has 1 amide bonds. The van der Waals surface area contributed by atoms with Crippen LogP contribution in [0.1, 0.15) is 10.4 Å². The number of carbonyl (C=O) groups excluding carboxylic acids is 1. The number of alkyl halides is 2. The van der Waals surface area contributed by atoms with Crippen molar-refractivity contribution in [2.24, 2.45) is 0 Å². The van der Waals surface area contributed by atoms with Crippen molar-refractivity contribution in [3.05, 3.63) is 42.2 Å². The first-order valence-corrected chi connectivity index (χ1v) is 7.91. The van der Waals surface area contributed by atoms with Crippen molar-refractivity contribution in [1.82, 2.24) is 15.4 Å². The minimum Gasteiger partial charge on any atom is -0.435 e. The maximum Gasteiger partial charge on any atom is 0.387 e. The van der Waals surface area contributed by atoms with Gasteiger partial charge in [0, 0.05) is 37.2 Å². The highest BCUT2D eigenvalue weighted by Gasteiger charge is 2.52. The van der Waals surface area contributed by atoms with Gasteiger partial charge in [0.15, 0.2) is 0 Å². The van der Waals surface area contributed by atoms with Gasteiger partial charge < -0.3 is 14.5 Å². The summed E-state index contributed by atoms with van der Waals surface area (Å²) in [6.45, 7) is -1.44. The lowest BCUT2D eigenvalue weighted by atomic mass is 9.85. The number of benzene rings is 1. The van der Waals surface area contributed by atoms with Crippen molar-refractivity contribution in [3.63, 3.8) is 0 Å². The summed E-state index contributed by atoms with van der Waals surface area (Å²) in [6, 6.07) is 7.12. The zero-order valence-corrected chi connectivity index (χ0v) is 13.4. The van der Waals surface area contributed by atoms with E-state index in [9.17, 15) is 13.6 Å². The number of nitrogens with one attached hydrogen (secondary N) is 1. The second-order valence-electron chi connectivity index (χ2n) is 6.03. The Morgan fingerprint density at radius 2 is 1.92 bits per heavy atom. The quantitative estimate of drug-likeness (QED) is 0.611. The maximum atomic E-state index is 12.3. The van der Waals surface area contributed by atoms with Gasteiger partial charge >= 0.3 is 6.61 Å². The third-order valence-corrected chi connectivity index (χ3v) is 4.65. The van der Waals surface area contributed by atoms with Gasteiger partial charge in [0.1, 0.15) is 5.75 Å². The molecule has 2 fully saturated rings. The Kier molecular flexibility index (Phi) is 4.03. The molecule has 0 bridgehead atoms. The van der Waals surface area contributed by atoms with Crippen LogP contribution in [-0.2, 0) is 0 Å². The van der Waals surface area contributed by atoms with Crippen LogP contribution in [0.25, 0.3) is 0 Å². The highest BCUT2D eigenvalue weighted by molar-refractivity contribution is 5.92. The number of amides is 1. The molecule has 0 saturated carbocycles. The zero-order chi connectivity index (χ0) is 18.3. The number of piperazine rings is 1. The SMILES string of the molecule is O=C(NO)c1cnc(N2C[C@@H]3C2CN3c2cccc(OC(F)F)c2)nc1. The summed E-state index contributed by atoms with van der Waals surface area (Å²) in [5, 5.41) is 8.59. The Morgan fingerprint density at radius 3 is 2.54 bits per heavy atom. The molecule has 136 valence electrons. The van der Waals surface area contributed by atoms with Crippen LogP contribution in [0, 0.1) is 0 Å². The van der Waals surface area contributed by atoms with Gasteiger partial charge in [-0.2, -0.15) is 8.78 Å². The minimum absolute atomic E-state index is 0.137. The number of hydrogen-bond acceptors (Lipinski definition) is 7. The van der Waals surface area contributed by atoms with Crippen LogP contribution in [-0.4, -0.2) is 52.9 Å². The van der Waals surface area contributed by atoms with Crippen molar-refractivity contribution in [2.75, 3.05) is 22.9 Å². The van der Waals surface area contributed by atoms with E-state index in [1.807, 2.05) is 11.0 Å². The van der Waals surface area contributed by atoms with Gasteiger partial charge in [0.2, 0.25) is 5.95 Å². The van der Waals surface area contributed by atoms with Crippen LogP contribution in [0.3, 0.4) is 0 Å². The molecule has 10 heteroatoms. The lowest BCUT2D eigenvalue weighted by Gasteiger charge is -2.62. The van der Waals surface area contributed by atoms with Crippen molar-refractivity contribution < 1.29 is 23.5 Å². The summed E-state index contributed by atoms with van der Waals surface area (Å²) in [7, 11) is 0. The average molecular weight is 363 g/mol. The standard InChI is InChI=1S/C16H15F2N5O3/c17-15(18)26-11-3-1-2-10(4-11)22-7-13-12(22)8-23(13)16-19-5-9(6-20-16)14(24)21-25/h1-6,12-13,15,25H,7-8H2,(H,21,24)/t12-,13?/m1/s1. The highest BCUT2D eigenvalue weighted by Crippen LogP contribution is 2.39. The smallest absolute Gasteiger partial charge is 0.387 e. The number of rotatable bonds is 5. The molecule has 2 N–H and O–H groups in total. The van der Waals surface area contributed by atoms with E-state index in [0.717, 1.165) is 5.69 Å². The molecule has 1 unspecified atom stereocenters. The number of hydroxylamine groups is 1. The zero-order valence-electron chi connectivity index (χ0n) is 13.4. The van der Waals surface area contributed by atoms with Crippen LogP contribution in [0.15, 0.2) is 36.7 Å². The second kappa shape index (κ2) is 6.37. The Balaban J connectivity index is 1.40. The van der Waals surface area contributed by atoms with E-state index in [4.69, 9.17) is 5.21 Å². The fourth-order valence-electron chi connectivity index (χ4n) is 3.27. The number of halogens is 2. The van der Waals surface area contributed by atoms with Crippen LogP contribution >= 0.6 is 0 Å². The molecular formula is C16H15F2N5O3. The summed E-state index contributed by atoms with van der Waals surface area (Å²) in [4.78, 5) is 23.7. The van der Waals surface area contributed by atoms with E-state index in [1.54, 1.807) is 12.1 Å². The maximum absolute atomic E-state index is 12.3. The number of aromatic nitrogens is 2. The van der Waals surface area contributed by atoms with E-state index >= 15 is 0 Å². The first-order chi connectivity index (χ1) is 12.6. The Hall–Kier alpha value is -3.01. The monoisotopic (exact) mass is 363 g/mol. The van der Waals surface area contributed by atoms with E-state index in [0.29, 0.717) is 19.0 Å². The predicted octanol–water partition coefficient (Wildman–Crippen LogP) is 1.27. The number of anilines is 2. The molecule has 1 aromatic carbocycles. The van der Waals surface area contributed by atoms with Gasteiger partial charge in [-0.15, -0.1) is 0 Å². The Morgan fingerprint density at radius 1 is 1.23 bits per heavy atom. The predicted molar refractivity (Wildman–Crippen MR) is 86.6 cm³/mol. The van der Waals surface area contributed by atoms with Gasteiger partial charge in [0.05, 0.1) is 17.6 Å². The lowest BCUT2D eigenvalue weighted by Crippen LogP contribution is -2.79. The molecule has 0 spiro atoms. The van der Waals surface area contributed by atoms with Crippen molar-refractivity contribution >= 4 is 17.5 Å². The molecule has 0 aliphatic carbocycles. The molecule has 4 rings (SSSR count). The lowest BCUT2D eigenvalue weighted by molar-refractivity contribution is -0.0498. The second-order valence-corrected chi connectivity index (χ2v) is 6.03. The van der Waals surface area contributed by atoms with Crippen molar-refractivity contribution in [1.29, 1.82) is 0 Å².